The van der Waals surface area contributed by atoms with E-state index in [1.807, 2.05) is 18.2 Å². The van der Waals surface area contributed by atoms with Crippen molar-refractivity contribution in [3.8, 4) is 11.4 Å². The zero-order chi connectivity index (χ0) is 21.1. The maximum Gasteiger partial charge on any atom is 0.259 e. The highest BCUT2D eigenvalue weighted by Crippen LogP contribution is 2.24. The minimum atomic E-state index is -0.782. The molecule has 3 aromatic rings. The number of nitrogens with two attached hydrogens (primary N) is 1. The van der Waals surface area contributed by atoms with Gasteiger partial charge in [-0.25, -0.2) is 4.98 Å². The zero-order valence-electron chi connectivity index (χ0n) is 15.6. The Kier molecular flexibility index (Phi) is 5.84. The Labute approximate surface area is 179 Å². The highest BCUT2D eigenvalue weighted by Gasteiger charge is 2.35. The molecule has 154 valence electrons. The Morgan fingerprint density at radius 1 is 1.23 bits per heavy atom. The average molecular weight is 444 g/mol. The molecule has 4 rings (SSSR count). The van der Waals surface area contributed by atoms with E-state index in [2.05, 4.69) is 15.3 Å². The first-order valence-electron chi connectivity index (χ1n) is 8.94. The predicted molar refractivity (Wildman–Crippen MR) is 112 cm³/mol. The molecule has 0 radical (unpaired) electrons. The number of aromatic nitrogens is 2. The van der Waals surface area contributed by atoms with Crippen molar-refractivity contribution in [1.29, 1.82) is 0 Å². The van der Waals surface area contributed by atoms with Gasteiger partial charge in [0.2, 0.25) is 5.91 Å². The molecule has 0 aliphatic carbocycles. The summed E-state index contributed by atoms with van der Waals surface area (Å²) in [4.78, 5) is 47.3. The molecular weight excluding hydrogens is 426 g/mol. The fourth-order valence-electron chi connectivity index (χ4n) is 3.01. The lowest BCUT2D eigenvalue weighted by Gasteiger charge is -2.21. The number of pyridine rings is 1. The molecule has 3 aromatic heterocycles. The van der Waals surface area contributed by atoms with Crippen molar-refractivity contribution in [2.45, 2.75) is 12.5 Å². The summed E-state index contributed by atoms with van der Waals surface area (Å²) in [5, 5.41) is 6.66. The molecule has 1 atom stereocenters. The van der Waals surface area contributed by atoms with E-state index < -0.39 is 11.9 Å². The zero-order valence-corrected chi connectivity index (χ0v) is 17.2. The van der Waals surface area contributed by atoms with Gasteiger partial charge in [-0.05, 0) is 29.1 Å². The molecule has 0 saturated carbocycles. The number of nitrogens with zero attached hydrogens (tertiary/aromatic N) is 3. The van der Waals surface area contributed by atoms with Gasteiger partial charge < -0.3 is 20.7 Å². The molecule has 11 heteroatoms. The van der Waals surface area contributed by atoms with Crippen molar-refractivity contribution in [2.75, 3.05) is 18.7 Å². The highest BCUT2D eigenvalue weighted by atomic mass is 32.1. The molecule has 4 heterocycles. The monoisotopic (exact) mass is 443 g/mol. The topological polar surface area (TPSA) is 128 Å². The molecule has 0 aromatic carbocycles. The van der Waals surface area contributed by atoms with Gasteiger partial charge in [-0.3, -0.25) is 19.4 Å². The van der Waals surface area contributed by atoms with Crippen molar-refractivity contribution in [3.05, 3.63) is 51.7 Å². The number of hydrogen-bond acceptors (Lipinski definition) is 8. The fourth-order valence-corrected chi connectivity index (χ4v) is 4.50. The van der Waals surface area contributed by atoms with E-state index in [1.54, 1.807) is 23.0 Å². The van der Waals surface area contributed by atoms with Crippen LogP contribution in [0.1, 0.15) is 15.2 Å². The standard InChI is InChI=1S/C19H17N5O4S2/c20-17(26)16-11(4-6-29-16)7-15(25)24-10-28-8-14(24)18(27)23-19-22-13(9-30-19)12-3-1-2-5-21-12/h1-6,9,14H,7-8,10H2,(H2,20,26)(H,22,23,27)/t14-/m0/s1. The largest absolute Gasteiger partial charge is 0.365 e. The van der Waals surface area contributed by atoms with Crippen molar-refractivity contribution in [2.24, 2.45) is 5.73 Å². The summed E-state index contributed by atoms with van der Waals surface area (Å²) >= 11 is 2.46. The third kappa shape index (κ3) is 4.22. The quantitative estimate of drug-likeness (QED) is 0.597. The van der Waals surface area contributed by atoms with E-state index in [0.717, 1.165) is 0 Å². The third-order valence-corrected chi connectivity index (χ3v) is 6.21. The van der Waals surface area contributed by atoms with Crippen LogP contribution in [0.4, 0.5) is 5.13 Å². The molecule has 3 N–H and O–H groups in total. The van der Waals surface area contributed by atoms with Gasteiger partial charge in [0, 0.05) is 11.6 Å². The third-order valence-electron chi connectivity index (χ3n) is 4.48. The van der Waals surface area contributed by atoms with Gasteiger partial charge in [0.1, 0.15) is 18.5 Å². The number of ether oxygens (including phenoxy) is 1. The summed E-state index contributed by atoms with van der Waals surface area (Å²) in [5.74, 6) is -1.28. The Morgan fingerprint density at radius 3 is 2.87 bits per heavy atom. The van der Waals surface area contributed by atoms with Crippen molar-refractivity contribution in [3.63, 3.8) is 0 Å². The van der Waals surface area contributed by atoms with Crippen molar-refractivity contribution < 1.29 is 19.1 Å². The lowest BCUT2D eigenvalue weighted by molar-refractivity contribution is -0.136. The molecule has 0 bridgehead atoms. The van der Waals surface area contributed by atoms with Crippen LogP contribution in [0.5, 0.6) is 0 Å². The van der Waals surface area contributed by atoms with Gasteiger partial charge >= 0.3 is 0 Å². The lowest BCUT2D eigenvalue weighted by Crippen LogP contribution is -2.45. The molecule has 1 aliphatic rings. The summed E-state index contributed by atoms with van der Waals surface area (Å²) in [6.45, 7) is 0.0897. The molecule has 3 amide bonds. The number of hydrogen-bond donors (Lipinski definition) is 2. The van der Waals surface area contributed by atoms with Crippen LogP contribution < -0.4 is 11.1 Å². The van der Waals surface area contributed by atoms with E-state index in [9.17, 15) is 14.4 Å². The summed E-state index contributed by atoms with van der Waals surface area (Å²) in [6, 6.07) is 6.40. The first-order valence-corrected chi connectivity index (χ1v) is 10.7. The van der Waals surface area contributed by atoms with Gasteiger partial charge in [-0.2, -0.15) is 0 Å². The number of carbonyl (C=O) groups is 3. The molecule has 9 nitrogen and oxygen atoms in total. The Balaban J connectivity index is 1.42. The summed E-state index contributed by atoms with van der Waals surface area (Å²) in [7, 11) is 0. The van der Waals surface area contributed by atoms with Crippen LogP contribution in [0.15, 0.2) is 41.2 Å². The molecule has 0 unspecified atom stereocenters. The normalized spacial score (nSPS) is 15.9. The Morgan fingerprint density at radius 2 is 2.10 bits per heavy atom. The highest BCUT2D eigenvalue weighted by molar-refractivity contribution is 7.14. The number of primary amides is 1. The van der Waals surface area contributed by atoms with Crippen LogP contribution in [-0.2, 0) is 20.7 Å². The smallest absolute Gasteiger partial charge is 0.259 e. The first-order chi connectivity index (χ1) is 14.5. The van der Waals surface area contributed by atoms with E-state index >= 15 is 0 Å². The van der Waals surface area contributed by atoms with Crippen LogP contribution in [0.25, 0.3) is 11.4 Å². The van der Waals surface area contributed by atoms with E-state index in [1.165, 1.54) is 27.6 Å². The van der Waals surface area contributed by atoms with Gasteiger partial charge in [0.15, 0.2) is 5.13 Å². The number of nitrogens with one attached hydrogen (secondary N) is 1. The van der Waals surface area contributed by atoms with Gasteiger partial charge in [0.25, 0.3) is 11.8 Å². The first kappa shape index (κ1) is 20.1. The number of thiazole rings is 1. The van der Waals surface area contributed by atoms with Crippen molar-refractivity contribution in [1.82, 2.24) is 14.9 Å². The number of amides is 3. The molecule has 1 saturated heterocycles. The van der Waals surface area contributed by atoms with E-state index in [-0.39, 0.29) is 31.6 Å². The molecule has 0 spiro atoms. The van der Waals surface area contributed by atoms with Crippen LogP contribution in [-0.4, -0.2) is 52.0 Å². The van der Waals surface area contributed by atoms with Crippen LogP contribution in [0.3, 0.4) is 0 Å². The second kappa shape index (κ2) is 8.69. The minimum absolute atomic E-state index is 0.00398. The summed E-state index contributed by atoms with van der Waals surface area (Å²) < 4.78 is 5.35. The van der Waals surface area contributed by atoms with Gasteiger partial charge in [0.05, 0.1) is 23.6 Å². The van der Waals surface area contributed by atoms with Crippen molar-refractivity contribution >= 4 is 45.5 Å². The van der Waals surface area contributed by atoms with Crippen LogP contribution in [0, 0.1) is 0 Å². The average Bonchev–Trinajstić information content (AvgIpc) is 3.49. The molecule has 30 heavy (non-hydrogen) atoms. The molecular formula is C19H17N5O4S2. The van der Waals surface area contributed by atoms with Crippen LogP contribution >= 0.6 is 22.7 Å². The molecule has 1 aliphatic heterocycles. The number of carbonyl (C=O) groups excluding carboxylic acids is 3. The minimum Gasteiger partial charge on any atom is -0.365 e. The van der Waals surface area contributed by atoms with E-state index in [0.29, 0.717) is 27.0 Å². The number of thiophene rings is 1. The van der Waals surface area contributed by atoms with Gasteiger partial charge in [-0.15, -0.1) is 22.7 Å². The Hall–Kier alpha value is -3.15. The second-order valence-electron chi connectivity index (χ2n) is 6.44. The SMILES string of the molecule is NC(=O)c1sccc1CC(=O)N1COC[C@H]1C(=O)Nc1nc(-c2ccccn2)cs1. The van der Waals surface area contributed by atoms with Gasteiger partial charge in [-0.1, -0.05) is 6.07 Å². The number of anilines is 1. The fraction of sp³-hybridized carbons (Fsp3) is 0.211. The van der Waals surface area contributed by atoms with Crippen LogP contribution in [0.2, 0.25) is 0 Å². The maximum atomic E-state index is 12.7. The number of rotatable bonds is 6. The second-order valence-corrected chi connectivity index (χ2v) is 8.21. The summed E-state index contributed by atoms with van der Waals surface area (Å²) in [5.41, 5.74) is 7.25. The maximum absolute atomic E-state index is 12.7. The predicted octanol–water partition coefficient (Wildman–Crippen LogP) is 1.73. The Bertz CT molecular complexity index is 1080. The molecule has 1 fully saturated rings. The lowest BCUT2D eigenvalue weighted by atomic mass is 10.1. The summed E-state index contributed by atoms with van der Waals surface area (Å²) in [6.07, 6.45) is 1.64. The van der Waals surface area contributed by atoms with E-state index in [4.69, 9.17) is 10.5 Å².